The summed E-state index contributed by atoms with van der Waals surface area (Å²) in [5, 5.41) is 1.24. The summed E-state index contributed by atoms with van der Waals surface area (Å²) in [6.07, 6.45) is 8.68. The molecule has 0 aliphatic carbocycles. The van der Waals surface area contributed by atoms with Gasteiger partial charge in [0.25, 0.3) is 0 Å². The molecule has 0 unspecified atom stereocenters. The first-order chi connectivity index (χ1) is 13.2. The van der Waals surface area contributed by atoms with Gasteiger partial charge < -0.3 is 21.9 Å². The molecule has 4 rings (SSSR count). The Bertz CT molecular complexity index is 1080. The maximum Gasteiger partial charge on any atom is 0.213 e. The number of hydrogen-bond donors (Lipinski definition) is 0. The van der Waals surface area contributed by atoms with Crippen LogP contribution < -0.4 is 26.4 Å². The molecule has 0 bridgehead atoms. The molecule has 0 spiro atoms. The smallest absolute Gasteiger partial charge is 0.213 e. The van der Waals surface area contributed by atoms with Crippen LogP contribution in [0.15, 0.2) is 79.0 Å². The third-order valence-corrected chi connectivity index (χ3v) is 5.12. The Morgan fingerprint density at radius 3 is 2.64 bits per heavy atom. The van der Waals surface area contributed by atoms with Crippen LogP contribution in [0.3, 0.4) is 0 Å². The molecule has 0 saturated carbocycles. The summed E-state index contributed by atoms with van der Waals surface area (Å²) in [6.45, 7) is 10.0. The third-order valence-electron chi connectivity index (χ3n) is 5.12. The minimum atomic E-state index is 0. The first kappa shape index (κ1) is 20.1. The number of allylic oxidation sites excluding steroid dienone is 2. The largest absolute Gasteiger partial charge is 1.00 e. The molecule has 2 aromatic carbocycles. The number of halogens is 1. The molecule has 1 aliphatic rings. The highest BCUT2D eigenvalue weighted by molar-refractivity contribution is 5.81. The Morgan fingerprint density at radius 1 is 1.04 bits per heavy atom. The van der Waals surface area contributed by atoms with Gasteiger partial charge in [0, 0.05) is 41.5 Å². The van der Waals surface area contributed by atoms with Gasteiger partial charge in [-0.15, -0.1) is 0 Å². The number of anilines is 1. The highest BCUT2D eigenvalue weighted by Crippen LogP contribution is 2.32. The summed E-state index contributed by atoms with van der Waals surface area (Å²) in [7, 11) is 0. The maximum absolute atomic E-state index is 3.95. The Balaban J connectivity index is 0.00000225. The first-order valence-corrected chi connectivity index (χ1v) is 9.51. The Kier molecular flexibility index (Phi) is 6.15. The summed E-state index contributed by atoms with van der Waals surface area (Å²) in [6, 6.07) is 19.6. The summed E-state index contributed by atoms with van der Waals surface area (Å²) in [4.78, 5) is 2.38. The number of aryl methyl sites for hydroxylation is 1. The standard InChI is InChI=1S/C25H25N2.BrH/c1-4-16-27-23(13-11-20-8-6-7-9-24(20)27)18-22-14-12-21-17-19(3)10-15-25(21)26(22)5-2;/h4,6-15,17-18H,1,5,16H2,2-3H3;1H/q+1;/p-1. The van der Waals surface area contributed by atoms with Gasteiger partial charge in [0.05, 0.1) is 0 Å². The molecule has 2 heterocycles. The molecule has 3 aromatic rings. The van der Waals surface area contributed by atoms with E-state index in [1.807, 2.05) is 6.08 Å². The van der Waals surface area contributed by atoms with Gasteiger partial charge in [-0.3, -0.25) is 0 Å². The molecule has 0 amide bonds. The van der Waals surface area contributed by atoms with Crippen LogP contribution in [0, 0.1) is 6.92 Å². The molecule has 0 fully saturated rings. The van der Waals surface area contributed by atoms with E-state index in [-0.39, 0.29) is 17.0 Å². The number of fused-ring (bicyclic) bond motifs is 2. The monoisotopic (exact) mass is 432 g/mol. The van der Waals surface area contributed by atoms with Crippen molar-refractivity contribution in [2.24, 2.45) is 0 Å². The SMILES string of the molecule is C=CC[n+]1c(C=C2C=Cc3cc(C)ccc3N2CC)ccc2ccccc21.[Br-]. The third kappa shape index (κ3) is 3.67. The second kappa shape index (κ2) is 8.57. The van der Waals surface area contributed by atoms with Crippen molar-refractivity contribution in [3.8, 4) is 0 Å². The lowest BCUT2D eigenvalue weighted by Crippen LogP contribution is -3.00. The van der Waals surface area contributed by atoms with Crippen LogP contribution in [0.2, 0.25) is 0 Å². The fraction of sp³-hybridized carbons (Fsp3) is 0.160. The Hall–Kier alpha value is -2.65. The van der Waals surface area contributed by atoms with Crippen molar-refractivity contribution in [1.29, 1.82) is 0 Å². The number of para-hydroxylation sites is 1. The molecule has 0 atom stereocenters. The van der Waals surface area contributed by atoms with Crippen molar-refractivity contribution < 1.29 is 21.5 Å². The molecule has 1 aliphatic heterocycles. The number of pyridine rings is 1. The van der Waals surface area contributed by atoms with Crippen LogP contribution in [-0.4, -0.2) is 6.54 Å². The zero-order valence-corrected chi connectivity index (χ0v) is 18.0. The predicted octanol–water partition coefficient (Wildman–Crippen LogP) is 2.52. The lowest BCUT2D eigenvalue weighted by atomic mass is 10.0. The molecular weight excluding hydrogens is 408 g/mol. The number of likely N-dealkylation sites (N-methyl/N-ethyl adjacent to an activating group) is 1. The van der Waals surface area contributed by atoms with E-state index >= 15 is 0 Å². The molecule has 0 saturated heterocycles. The first-order valence-electron chi connectivity index (χ1n) is 9.51. The van der Waals surface area contributed by atoms with Crippen molar-refractivity contribution in [3.05, 3.63) is 95.8 Å². The second-order valence-corrected chi connectivity index (χ2v) is 6.93. The second-order valence-electron chi connectivity index (χ2n) is 6.93. The van der Waals surface area contributed by atoms with Gasteiger partial charge in [-0.05, 0) is 55.8 Å². The van der Waals surface area contributed by atoms with Crippen molar-refractivity contribution in [1.82, 2.24) is 0 Å². The van der Waals surface area contributed by atoms with Crippen LogP contribution in [0.5, 0.6) is 0 Å². The zero-order valence-electron chi connectivity index (χ0n) is 16.4. The molecule has 2 nitrogen and oxygen atoms in total. The molecule has 0 N–H and O–H groups in total. The normalized spacial score (nSPS) is 14.1. The Morgan fingerprint density at radius 2 is 1.86 bits per heavy atom. The highest BCUT2D eigenvalue weighted by Gasteiger charge is 2.19. The minimum Gasteiger partial charge on any atom is -1.00 e. The molecule has 0 radical (unpaired) electrons. The van der Waals surface area contributed by atoms with E-state index in [0.717, 1.165) is 13.1 Å². The van der Waals surface area contributed by atoms with Crippen LogP contribution in [-0.2, 0) is 6.54 Å². The van der Waals surface area contributed by atoms with Gasteiger partial charge >= 0.3 is 0 Å². The average Bonchev–Trinajstić information content (AvgIpc) is 2.69. The van der Waals surface area contributed by atoms with Crippen LogP contribution in [0.25, 0.3) is 23.1 Å². The van der Waals surface area contributed by atoms with Crippen molar-refractivity contribution in [2.75, 3.05) is 11.4 Å². The lowest BCUT2D eigenvalue weighted by Gasteiger charge is -2.29. The number of hydrogen-bond acceptors (Lipinski definition) is 1. The van der Waals surface area contributed by atoms with Crippen LogP contribution in [0.4, 0.5) is 5.69 Å². The summed E-state index contributed by atoms with van der Waals surface area (Å²) < 4.78 is 2.32. The van der Waals surface area contributed by atoms with Gasteiger partial charge in [-0.2, -0.15) is 4.57 Å². The van der Waals surface area contributed by atoms with E-state index in [2.05, 4.69) is 103 Å². The van der Waals surface area contributed by atoms with E-state index in [9.17, 15) is 0 Å². The molecular formula is C25H25BrN2. The predicted molar refractivity (Wildman–Crippen MR) is 116 cm³/mol. The maximum atomic E-state index is 3.95. The zero-order chi connectivity index (χ0) is 18.8. The fourth-order valence-electron chi connectivity index (χ4n) is 3.83. The summed E-state index contributed by atoms with van der Waals surface area (Å²) in [5.41, 5.74) is 7.47. The van der Waals surface area contributed by atoms with E-state index in [1.165, 1.54) is 39.1 Å². The number of nitrogens with zero attached hydrogens (tertiary/aromatic N) is 2. The fourth-order valence-corrected chi connectivity index (χ4v) is 3.83. The quantitative estimate of drug-likeness (QED) is 0.453. The van der Waals surface area contributed by atoms with Crippen LogP contribution >= 0.6 is 0 Å². The van der Waals surface area contributed by atoms with E-state index < -0.39 is 0 Å². The highest BCUT2D eigenvalue weighted by atomic mass is 79.9. The Labute approximate surface area is 177 Å². The molecule has 142 valence electrons. The number of rotatable bonds is 4. The number of aromatic nitrogens is 1. The van der Waals surface area contributed by atoms with Gasteiger partial charge in [0.2, 0.25) is 11.2 Å². The molecule has 3 heteroatoms. The van der Waals surface area contributed by atoms with Crippen LogP contribution in [0.1, 0.15) is 23.7 Å². The minimum absolute atomic E-state index is 0. The van der Waals surface area contributed by atoms with Crippen molar-refractivity contribution in [2.45, 2.75) is 20.4 Å². The average molecular weight is 433 g/mol. The summed E-state index contributed by atoms with van der Waals surface area (Å²) in [5.74, 6) is 0. The van der Waals surface area contributed by atoms with Crippen molar-refractivity contribution >= 4 is 28.7 Å². The van der Waals surface area contributed by atoms with Crippen molar-refractivity contribution in [3.63, 3.8) is 0 Å². The topological polar surface area (TPSA) is 7.12 Å². The summed E-state index contributed by atoms with van der Waals surface area (Å²) >= 11 is 0. The van der Waals surface area contributed by atoms with E-state index in [0.29, 0.717) is 0 Å². The van der Waals surface area contributed by atoms with E-state index in [1.54, 1.807) is 0 Å². The van der Waals surface area contributed by atoms with Gasteiger partial charge in [0.15, 0.2) is 6.54 Å². The van der Waals surface area contributed by atoms with Gasteiger partial charge in [-0.25, -0.2) is 0 Å². The molecule has 1 aromatic heterocycles. The van der Waals surface area contributed by atoms with Gasteiger partial charge in [0.1, 0.15) is 0 Å². The lowest BCUT2D eigenvalue weighted by molar-refractivity contribution is -0.662. The number of benzene rings is 2. The molecule has 28 heavy (non-hydrogen) atoms. The van der Waals surface area contributed by atoms with E-state index in [4.69, 9.17) is 0 Å². The van der Waals surface area contributed by atoms with Gasteiger partial charge in [-0.1, -0.05) is 36.4 Å².